The lowest BCUT2D eigenvalue weighted by molar-refractivity contribution is 0.928. The van der Waals surface area contributed by atoms with Crippen molar-refractivity contribution in [1.29, 1.82) is 5.26 Å². The Kier molecular flexibility index (Phi) is 8.51. The molecule has 0 amide bonds. The van der Waals surface area contributed by atoms with Crippen molar-refractivity contribution in [1.82, 2.24) is 44.0 Å². The second kappa shape index (κ2) is 14.4. The average Bonchev–Trinajstić information content (AvgIpc) is 3.80. The summed E-state index contributed by atoms with van der Waals surface area (Å²) in [5, 5.41) is 15.2. The molecule has 0 saturated heterocycles. The highest BCUT2D eigenvalue weighted by Gasteiger charge is 2.25. The molecule has 0 N–H and O–H groups in total. The predicted octanol–water partition coefficient (Wildman–Crippen LogP) is 11.4. The molecule has 0 spiro atoms. The van der Waals surface area contributed by atoms with Crippen molar-refractivity contribution < 1.29 is 0 Å². The van der Waals surface area contributed by atoms with E-state index >= 15 is 0 Å². The predicted molar refractivity (Wildman–Crippen MR) is 245 cm³/mol. The maximum absolute atomic E-state index is 10.9. The number of para-hydroxylation sites is 2. The van der Waals surface area contributed by atoms with E-state index in [4.69, 9.17) is 24.9 Å². The minimum atomic E-state index is 0.495. The second-order valence-electron chi connectivity index (χ2n) is 15.5. The summed E-state index contributed by atoms with van der Waals surface area (Å²) in [5.41, 5.74) is 11.1. The Hall–Kier alpha value is -8.42. The van der Waals surface area contributed by atoms with Crippen LogP contribution in [0.25, 0.3) is 100 Å². The summed E-state index contributed by atoms with van der Waals surface area (Å²) in [7, 11) is 0. The summed E-state index contributed by atoms with van der Waals surface area (Å²) < 4.78 is 4.53. The van der Waals surface area contributed by atoms with Crippen LogP contribution in [0.4, 0.5) is 0 Å². The number of benzene rings is 6. The highest BCUT2D eigenvalue weighted by molar-refractivity contribution is 6.13. The molecule has 0 radical (unpaired) electrons. The maximum Gasteiger partial charge on any atom is 0.163 e. The van der Waals surface area contributed by atoms with E-state index in [2.05, 4.69) is 134 Å². The molecule has 294 valence electrons. The van der Waals surface area contributed by atoms with Crippen molar-refractivity contribution in [2.45, 2.75) is 27.7 Å². The van der Waals surface area contributed by atoms with Crippen LogP contribution in [0.1, 0.15) is 28.9 Å². The van der Waals surface area contributed by atoms with Gasteiger partial charge in [-0.25, -0.2) is 34.9 Å². The van der Waals surface area contributed by atoms with E-state index in [9.17, 15) is 5.26 Å². The molecule has 5 heterocycles. The van der Waals surface area contributed by atoms with Gasteiger partial charge in [-0.3, -0.25) is 0 Å². The van der Waals surface area contributed by atoms with Crippen LogP contribution in [0.5, 0.6) is 0 Å². The molecular formula is C52H36N10. The zero-order chi connectivity index (χ0) is 42.1. The number of rotatable bonds is 6. The normalized spacial score (nSPS) is 11.5. The molecule has 6 aromatic carbocycles. The fraction of sp³-hybridized carbons (Fsp3) is 0.0769. The molecule has 5 aromatic heterocycles. The molecule has 0 unspecified atom stereocenters. The van der Waals surface area contributed by atoms with Crippen molar-refractivity contribution in [3.8, 4) is 62.7 Å². The Morgan fingerprint density at radius 2 is 0.839 bits per heavy atom. The van der Waals surface area contributed by atoms with Gasteiger partial charge in [-0.1, -0.05) is 97.1 Å². The molecule has 10 heteroatoms. The Morgan fingerprint density at radius 1 is 0.387 bits per heavy atom. The highest BCUT2D eigenvalue weighted by Crippen LogP contribution is 2.43. The summed E-state index contributed by atoms with van der Waals surface area (Å²) in [6.07, 6.45) is 0. The molecule has 0 saturated carbocycles. The van der Waals surface area contributed by atoms with E-state index in [0.29, 0.717) is 40.5 Å². The molecule has 0 aliphatic carbocycles. The van der Waals surface area contributed by atoms with Crippen LogP contribution >= 0.6 is 0 Å². The first kappa shape index (κ1) is 36.6. The fourth-order valence-corrected chi connectivity index (χ4v) is 8.86. The SMILES string of the molecule is Cc1nc(C)nc(-c2ccc3c4ccccc4n(-c4cc(C#N)cc(-n5c6ccccc6c6ccc(-c7nc(C)nc(C)n7)cc65)c4-c4cccc(-c5ccccc5)n4)c3c2)n1. The average molecular weight is 801 g/mol. The fourth-order valence-electron chi connectivity index (χ4n) is 8.86. The van der Waals surface area contributed by atoms with Gasteiger partial charge in [0.15, 0.2) is 11.6 Å². The van der Waals surface area contributed by atoms with Gasteiger partial charge in [0.25, 0.3) is 0 Å². The number of nitrogens with zero attached hydrogens (tertiary/aromatic N) is 10. The number of nitriles is 1. The number of pyridine rings is 1. The summed E-state index contributed by atoms with van der Waals surface area (Å²) in [6.45, 7) is 7.54. The number of aryl methyl sites for hydroxylation is 4. The molecule has 11 aromatic rings. The summed E-state index contributed by atoms with van der Waals surface area (Å²) in [6, 6.07) is 52.4. The second-order valence-corrected chi connectivity index (χ2v) is 15.5. The molecule has 0 aliphatic rings. The van der Waals surface area contributed by atoms with Crippen LogP contribution < -0.4 is 0 Å². The van der Waals surface area contributed by atoms with Gasteiger partial charge in [0.05, 0.1) is 56.5 Å². The van der Waals surface area contributed by atoms with Crippen LogP contribution in [0.3, 0.4) is 0 Å². The molecule has 62 heavy (non-hydrogen) atoms. The van der Waals surface area contributed by atoms with Gasteiger partial charge in [0.2, 0.25) is 0 Å². The van der Waals surface area contributed by atoms with Crippen LogP contribution in [-0.4, -0.2) is 44.0 Å². The zero-order valence-corrected chi connectivity index (χ0v) is 34.3. The Morgan fingerprint density at radius 3 is 1.34 bits per heavy atom. The van der Waals surface area contributed by atoms with Gasteiger partial charge in [-0.15, -0.1) is 0 Å². The van der Waals surface area contributed by atoms with Crippen molar-refractivity contribution >= 4 is 43.6 Å². The molecule has 0 fully saturated rings. The number of hydrogen-bond donors (Lipinski definition) is 0. The van der Waals surface area contributed by atoms with Gasteiger partial charge in [0.1, 0.15) is 23.3 Å². The Labute approximate surface area is 356 Å². The Bertz CT molecular complexity index is 3420. The van der Waals surface area contributed by atoms with E-state index in [-0.39, 0.29) is 0 Å². The Balaban J connectivity index is 1.29. The first-order chi connectivity index (χ1) is 30.3. The van der Waals surface area contributed by atoms with E-state index < -0.39 is 0 Å². The monoisotopic (exact) mass is 800 g/mol. The molecule has 0 bridgehead atoms. The summed E-state index contributed by atoms with van der Waals surface area (Å²) >= 11 is 0. The largest absolute Gasteiger partial charge is 0.308 e. The van der Waals surface area contributed by atoms with E-state index in [1.165, 1.54) is 0 Å². The third-order valence-electron chi connectivity index (χ3n) is 11.4. The molecule has 0 aliphatic heterocycles. The molecule has 0 atom stereocenters. The summed E-state index contributed by atoms with van der Waals surface area (Å²) in [4.78, 5) is 33.3. The highest BCUT2D eigenvalue weighted by atomic mass is 15.1. The van der Waals surface area contributed by atoms with Crippen LogP contribution in [0, 0.1) is 39.0 Å². The van der Waals surface area contributed by atoms with Gasteiger partial charge >= 0.3 is 0 Å². The van der Waals surface area contributed by atoms with Gasteiger partial charge in [-0.2, -0.15) is 5.26 Å². The maximum atomic E-state index is 10.9. The van der Waals surface area contributed by atoms with Crippen molar-refractivity contribution in [3.05, 3.63) is 174 Å². The van der Waals surface area contributed by atoms with Crippen LogP contribution in [-0.2, 0) is 0 Å². The molecular weight excluding hydrogens is 765 g/mol. The van der Waals surface area contributed by atoms with E-state index in [0.717, 1.165) is 88.6 Å². The lowest BCUT2D eigenvalue weighted by atomic mass is 10.0. The number of fused-ring (bicyclic) bond motifs is 6. The third kappa shape index (κ3) is 6.06. The van der Waals surface area contributed by atoms with Crippen molar-refractivity contribution in [3.63, 3.8) is 0 Å². The van der Waals surface area contributed by atoms with E-state index in [1.807, 2.05) is 64.1 Å². The van der Waals surface area contributed by atoms with Crippen LogP contribution in [0.2, 0.25) is 0 Å². The number of aromatic nitrogens is 9. The quantitative estimate of drug-likeness (QED) is 0.163. The zero-order valence-electron chi connectivity index (χ0n) is 34.3. The van der Waals surface area contributed by atoms with Gasteiger partial charge in [0, 0.05) is 43.8 Å². The molecule has 10 nitrogen and oxygen atoms in total. The molecule has 11 rings (SSSR count). The van der Waals surface area contributed by atoms with Crippen molar-refractivity contribution in [2.75, 3.05) is 0 Å². The standard InChI is InChI=1S/C52H36N10/c1-30-54-31(2)57-51(56-30)36-21-23-40-38-15-8-10-19-44(38)61(46(40)27-36)48-25-34(29-53)26-49(50(48)43-18-12-17-42(60-43)35-13-6-5-7-14-35)62-45-20-11-9-16-39(45)41-24-22-37(28-47(41)62)52-58-32(3)55-33(4)59-52/h5-28H,1-4H3. The minimum Gasteiger partial charge on any atom is -0.308 e. The first-order valence-corrected chi connectivity index (χ1v) is 20.4. The van der Waals surface area contributed by atoms with Gasteiger partial charge < -0.3 is 9.13 Å². The lowest BCUT2D eigenvalue weighted by Crippen LogP contribution is -2.06. The smallest absolute Gasteiger partial charge is 0.163 e. The number of hydrogen-bond acceptors (Lipinski definition) is 8. The summed E-state index contributed by atoms with van der Waals surface area (Å²) in [5.74, 6) is 3.81. The van der Waals surface area contributed by atoms with E-state index in [1.54, 1.807) is 0 Å². The van der Waals surface area contributed by atoms with Crippen LogP contribution in [0.15, 0.2) is 146 Å². The lowest BCUT2D eigenvalue weighted by Gasteiger charge is -2.21. The topological polar surface area (TPSA) is 124 Å². The van der Waals surface area contributed by atoms with Crippen molar-refractivity contribution in [2.24, 2.45) is 0 Å². The van der Waals surface area contributed by atoms with Gasteiger partial charge in [-0.05, 0) is 76.2 Å². The minimum absolute atomic E-state index is 0.495. The first-order valence-electron chi connectivity index (χ1n) is 20.4. The third-order valence-corrected chi connectivity index (χ3v) is 11.4.